The Morgan fingerprint density at radius 2 is 1.59 bits per heavy atom. The summed E-state index contributed by atoms with van der Waals surface area (Å²) in [5.41, 5.74) is 3.19. The minimum Gasteiger partial charge on any atom is -0.366 e. The minimum absolute atomic E-state index is 0.165. The molecule has 5 nitrogen and oxygen atoms in total. The van der Waals surface area contributed by atoms with E-state index in [-0.39, 0.29) is 5.82 Å². The molecule has 0 unspecified atom stereocenters. The van der Waals surface area contributed by atoms with Crippen molar-refractivity contribution in [2.24, 2.45) is 0 Å². The molecule has 1 saturated heterocycles. The SMILES string of the molecule is Cc1nc(NCc2ccccc2C)cc(N2CCN(c3ccccc3F)CC2)n1. The average molecular weight is 391 g/mol. The predicted molar refractivity (Wildman–Crippen MR) is 116 cm³/mol. The highest BCUT2D eigenvalue weighted by atomic mass is 19.1. The van der Waals surface area contributed by atoms with Gasteiger partial charge in [-0.1, -0.05) is 36.4 Å². The molecule has 1 aromatic heterocycles. The maximum absolute atomic E-state index is 14.1. The Morgan fingerprint density at radius 1 is 0.897 bits per heavy atom. The van der Waals surface area contributed by atoms with Crippen LogP contribution in [0.5, 0.6) is 0 Å². The van der Waals surface area contributed by atoms with E-state index in [0.717, 1.165) is 50.2 Å². The van der Waals surface area contributed by atoms with E-state index >= 15 is 0 Å². The van der Waals surface area contributed by atoms with Crippen molar-refractivity contribution in [3.63, 3.8) is 0 Å². The van der Waals surface area contributed by atoms with Crippen LogP contribution in [0.15, 0.2) is 54.6 Å². The number of hydrogen-bond acceptors (Lipinski definition) is 5. The molecule has 2 heterocycles. The third kappa shape index (κ3) is 4.47. The maximum Gasteiger partial charge on any atom is 0.146 e. The fourth-order valence-electron chi connectivity index (χ4n) is 3.68. The van der Waals surface area contributed by atoms with Crippen molar-refractivity contribution in [3.05, 3.63) is 77.4 Å². The van der Waals surface area contributed by atoms with Gasteiger partial charge in [-0.3, -0.25) is 0 Å². The molecular weight excluding hydrogens is 365 g/mol. The van der Waals surface area contributed by atoms with Gasteiger partial charge >= 0.3 is 0 Å². The van der Waals surface area contributed by atoms with Crippen LogP contribution >= 0.6 is 0 Å². The third-order valence-electron chi connectivity index (χ3n) is 5.34. The molecule has 1 N–H and O–H groups in total. The summed E-state index contributed by atoms with van der Waals surface area (Å²) in [7, 11) is 0. The average Bonchev–Trinajstić information content (AvgIpc) is 2.73. The van der Waals surface area contributed by atoms with E-state index in [2.05, 4.69) is 50.2 Å². The third-order valence-corrected chi connectivity index (χ3v) is 5.34. The highest BCUT2D eigenvalue weighted by Crippen LogP contribution is 2.23. The number of piperazine rings is 1. The molecule has 0 aliphatic carbocycles. The summed E-state index contributed by atoms with van der Waals surface area (Å²) in [4.78, 5) is 13.5. The van der Waals surface area contributed by atoms with Crippen LogP contribution in [0.3, 0.4) is 0 Å². The summed E-state index contributed by atoms with van der Waals surface area (Å²) in [6.45, 7) is 7.86. The predicted octanol–water partition coefficient (Wildman–Crippen LogP) is 4.17. The molecule has 29 heavy (non-hydrogen) atoms. The van der Waals surface area contributed by atoms with Crippen LogP contribution in [-0.4, -0.2) is 36.1 Å². The molecule has 2 aromatic carbocycles. The lowest BCUT2D eigenvalue weighted by Gasteiger charge is -2.37. The number of halogens is 1. The lowest BCUT2D eigenvalue weighted by atomic mass is 10.1. The molecule has 6 heteroatoms. The lowest BCUT2D eigenvalue weighted by molar-refractivity contribution is 0.596. The van der Waals surface area contributed by atoms with Gasteiger partial charge in [0.05, 0.1) is 5.69 Å². The molecule has 0 radical (unpaired) electrons. The first-order chi connectivity index (χ1) is 14.1. The summed E-state index contributed by atoms with van der Waals surface area (Å²) in [6, 6.07) is 17.3. The normalized spacial score (nSPS) is 14.2. The molecule has 1 aliphatic heterocycles. The Kier molecular flexibility index (Phi) is 5.60. The van der Waals surface area contributed by atoms with Gasteiger partial charge in [0.1, 0.15) is 23.3 Å². The molecule has 4 rings (SSSR count). The number of nitrogens with zero attached hydrogens (tertiary/aromatic N) is 4. The number of benzene rings is 2. The van der Waals surface area contributed by atoms with Gasteiger partial charge < -0.3 is 15.1 Å². The van der Waals surface area contributed by atoms with Crippen LogP contribution < -0.4 is 15.1 Å². The van der Waals surface area contributed by atoms with Crippen LogP contribution in [0.4, 0.5) is 21.7 Å². The molecule has 0 amide bonds. The zero-order valence-electron chi connectivity index (χ0n) is 16.9. The second-order valence-corrected chi connectivity index (χ2v) is 7.36. The van der Waals surface area contributed by atoms with Gasteiger partial charge in [-0.05, 0) is 37.1 Å². The van der Waals surface area contributed by atoms with Crippen molar-refractivity contribution < 1.29 is 4.39 Å². The molecule has 0 bridgehead atoms. The maximum atomic E-state index is 14.1. The quantitative estimate of drug-likeness (QED) is 0.707. The van der Waals surface area contributed by atoms with Crippen molar-refractivity contribution >= 4 is 17.3 Å². The van der Waals surface area contributed by atoms with Crippen LogP contribution in [0.2, 0.25) is 0 Å². The summed E-state index contributed by atoms with van der Waals surface area (Å²) in [6.07, 6.45) is 0. The van der Waals surface area contributed by atoms with Crippen molar-refractivity contribution in [1.29, 1.82) is 0 Å². The van der Waals surface area contributed by atoms with Gasteiger partial charge in [-0.25, -0.2) is 14.4 Å². The number of para-hydroxylation sites is 1. The Labute approximate surface area is 171 Å². The van der Waals surface area contributed by atoms with E-state index in [1.165, 1.54) is 17.2 Å². The second-order valence-electron chi connectivity index (χ2n) is 7.36. The Hall–Kier alpha value is -3.15. The smallest absolute Gasteiger partial charge is 0.146 e. The van der Waals surface area contributed by atoms with E-state index in [1.54, 1.807) is 6.07 Å². The van der Waals surface area contributed by atoms with Crippen molar-refractivity contribution in [2.75, 3.05) is 41.3 Å². The summed E-state index contributed by atoms with van der Waals surface area (Å²) in [5.74, 6) is 2.32. The number of hydrogen-bond donors (Lipinski definition) is 1. The van der Waals surface area contributed by atoms with E-state index < -0.39 is 0 Å². The monoisotopic (exact) mass is 391 g/mol. The van der Waals surface area contributed by atoms with Gasteiger partial charge in [0, 0.05) is 38.8 Å². The van der Waals surface area contributed by atoms with Crippen LogP contribution in [-0.2, 0) is 6.54 Å². The topological polar surface area (TPSA) is 44.3 Å². The lowest BCUT2D eigenvalue weighted by Crippen LogP contribution is -2.47. The fraction of sp³-hybridized carbons (Fsp3) is 0.304. The number of nitrogens with one attached hydrogen (secondary N) is 1. The first kappa shape index (κ1) is 19.2. The van der Waals surface area contributed by atoms with E-state index in [0.29, 0.717) is 5.69 Å². The van der Waals surface area contributed by atoms with Crippen molar-refractivity contribution in [2.45, 2.75) is 20.4 Å². The second kappa shape index (κ2) is 8.47. The van der Waals surface area contributed by atoms with Crippen molar-refractivity contribution in [1.82, 2.24) is 9.97 Å². The molecular formula is C23H26FN5. The summed E-state index contributed by atoms with van der Waals surface area (Å²) < 4.78 is 14.1. The first-order valence-electron chi connectivity index (χ1n) is 9.98. The summed E-state index contributed by atoms with van der Waals surface area (Å²) in [5, 5.41) is 3.43. The molecule has 1 aliphatic rings. The highest BCUT2D eigenvalue weighted by Gasteiger charge is 2.21. The van der Waals surface area contributed by atoms with Gasteiger partial charge in [0.2, 0.25) is 0 Å². The van der Waals surface area contributed by atoms with Gasteiger partial charge in [0.25, 0.3) is 0 Å². The minimum atomic E-state index is -0.165. The van der Waals surface area contributed by atoms with Crippen LogP contribution in [0, 0.1) is 19.7 Å². The number of anilines is 3. The zero-order chi connectivity index (χ0) is 20.2. The fourth-order valence-corrected chi connectivity index (χ4v) is 3.68. The van der Waals surface area contributed by atoms with Gasteiger partial charge in [-0.2, -0.15) is 0 Å². The molecule has 3 aromatic rings. The Morgan fingerprint density at radius 3 is 2.34 bits per heavy atom. The number of aryl methyl sites for hydroxylation is 2. The molecule has 0 atom stereocenters. The zero-order valence-corrected chi connectivity index (χ0v) is 16.9. The standard InChI is InChI=1S/C23H26FN5/c1-17-7-3-4-8-19(17)16-25-22-15-23(27-18(2)26-22)29-13-11-28(12-14-29)21-10-6-5-9-20(21)24/h3-10,15H,11-14,16H2,1-2H3,(H,25,26,27). The number of rotatable bonds is 5. The summed E-state index contributed by atoms with van der Waals surface area (Å²) >= 11 is 0. The van der Waals surface area contributed by atoms with E-state index in [4.69, 9.17) is 0 Å². The Bertz CT molecular complexity index is 983. The van der Waals surface area contributed by atoms with Gasteiger partial charge in [-0.15, -0.1) is 0 Å². The van der Waals surface area contributed by atoms with E-state index in [9.17, 15) is 4.39 Å². The molecule has 1 fully saturated rings. The van der Waals surface area contributed by atoms with Crippen LogP contribution in [0.25, 0.3) is 0 Å². The molecule has 0 spiro atoms. The van der Waals surface area contributed by atoms with Crippen molar-refractivity contribution in [3.8, 4) is 0 Å². The molecule has 0 saturated carbocycles. The highest BCUT2D eigenvalue weighted by molar-refractivity contribution is 5.53. The first-order valence-corrected chi connectivity index (χ1v) is 9.98. The van der Waals surface area contributed by atoms with Gasteiger partial charge in [0.15, 0.2) is 0 Å². The molecule has 150 valence electrons. The van der Waals surface area contributed by atoms with E-state index in [1.807, 2.05) is 31.2 Å². The Balaban J connectivity index is 1.43. The van der Waals surface area contributed by atoms with Crippen LogP contribution in [0.1, 0.15) is 17.0 Å². The largest absolute Gasteiger partial charge is 0.366 e. The number of aromatic nitrogens is 2.